The van der Waals surface area contributed by atoms with E-state index in [1.807, 2.05) is 4.90 Å². The highest BCUT2D eigenvalue weighted by Gasteiger charge is 2.24. The van der Waals surface area contributed by atoms with Gasteiger partial charge < -0.3 is 29.2 Å². The lowest BCUT2D eigenvalue weighted by atomic mass is 10.0. The van der Waals surface area contributed by atoms with Crippen LogP contribution in [0.25, 0.3) is 27.7 Å². The van der Waals surface area contributed by atoms with Gasteiger partial charge in [0, 0.05) is 55.6 Å². The zero-order valence-corrected chi connectivity index (χ0v) is 23.9. The first-order chi connectivity index (χ1) is 20.8. The van der Waals surface area contributed by atoms with Crippen LogP contribution in [0.4, 0.5) is 11.4 Å². The number of carbonyl (C=O) groups is 1. The largest absolute Gasteiger partial charge is 0.497 e. The van der Waals surface area contributed by atoms with Crippen molar-refractivity contribution in [3.05, 3.63) is 86.7 Å². The molecule has 43 heavy (non-hydrogen) atoms. The monoisotopic (exact) mass is 589 g/mol. The van der Waals surface area contributed by atoms with Gasteiger partial charge in [-0.1, -0.05) is 18.2 Å². The van der Waals surface area contributed by atoms with Crippen molar-refractivity contribution >= 4 is 28.1 Å². The minimum absolute atomic E-state index is 0.0250. The van der Waals surface area contributed by atoms with Crippen molar-refractivity contribution < 1.29 is 28.7 Å². The van der Waals surface area contributed by atoms with E-state index in [1.54, 1.807) is 54.6 Å². The van der Waals surface area contributed by atoms with Gasteiger partial charge in [-0.3, -0.25) is 19.7 Å². The van der Waals surface area contributed by atoms with Gasteiger partial charge in [-0.2, -0.15) is 9.78 Å². The summed E-state index contributed by atoms with van der Waals surface area (Å²) in [5.41, 5.74) is 1.01. The molecule has 0 bridgehead atoms. The molecule has 0 radical (unpaired) electrons. The normalized spacial score (nSPS) is 13.3. The number of methoxy groups -OCH3 is 3. The number of hydrogen-bond donors (Lipinski definition) is 1. The molecule has 224 valence electrons. The fourth-order valence-corrected chi connectivity index (χ4v) is 4.95. The summed E-state index contributed by atoms with van der Waals surface area (Å²) in [6.07, 6.45) is -0.632. The number of amides is 1. The Hall–Kier alpha value is -4.85. The Kier molecular flexibility index (Phi) is 8.95. The molecular formula is C30H31N5O8. The predicted octanol–water partition coefficient (Wildman–Crippen LogP) is 3.15. The number of anilines is 1. The van der Waals surface area contributed by atoms with Gasteiger partial charge in [0.1, 0.15) is 11.4 Å². The molecule has 4 aromatic rings. The SMILES string of the molecule is COc1cc(C(=O)NCC(OC)OC)cc(-c2nn(-c3cc(N4CCOCC4)ccc3[N+](=O)[O-])c(=O)c3ccccc23)c1. The Morgan fingerprint density at radius 3 is 2.44 bits per heavy atom. The minimum Gasteiger partial charge on any atom is -0.497 e. The van der Waals surface area contributed by atoms with Crippen LogP contribution in [0.1, 0.15) is 10.4 Å². The number of rotatable bonds is 10. The van der Waals surface area contributed by atoms with E-state index in [1.165, 1.54) is 27.4 Å². The van der Waals surface area contributed by atoms with Gasteiger partial charge in [-0.15, -0.1) is 0 Å². The molecule has 1 aromatic heterocycles. The molecule has 0 aliphatic carbocycles. The third kappa shape index (κ3) is 6.18. The Morgan fingerprint density at radius 2 is 1.77 bits per heavy atom. The van der Waals surface area contributed by atoms with Crippen molar-refractivity contribution in [1.29, 1.82) is 0 Å². The van der Waals surface area contributed by atoms with Gasteiger partial charge in [-0.25, -0.2) is 0 Å². The molecule has 5 rings (SSSR count). The van der Waals surface area contributed by atoms with Gasteiger partial charge >= 0.3 is 0 Å². The quantitative estimate of drug-likeness (QED) is 0.166. The van der Waals surface area contributed by atoms with Crippen LogP contribution in [0.15, 0.2) is 65.5 Å². The smallest absolute Gasteiger partial charge is 0.295 e. The number of ether oxygens (including phenoxy) is 4. The molecule has 1 N–H and O–H groups in total. The fraction of sp³-hybridized carbons (Fsp3) is 0.300. The van der Waals surface area contributed by atoms with Crippen LogP contribution in [0.3, 0.4) is 0 Å². The zero-order valence-electron chi connectivity index (χ0n) is 23.9. The Balaban J connectivity index is 1.68. The van der Waals surface area contributed by atoms with Crippen LogP contribution in [0, 0.1) is 10.1 Å². The highest BCUT2D eigenvalue weighted by Crippen LogP contribution is 2.32. The first-order valence-corrected chi connectivity index (χ1v) is 13.5. The number of fused-ring (bicyclic) bond motifs is 1. The van der Waals surface area contributed by atoms with Crippen molar-refractivity contribution in [2.24, 2.45) is 0 Å². The molecule has 0 atom stereocenters. The van der Waals surface area contributed by atoms with Gasteiger partial charge in [0.2, 0.25) is 0 Å². The van der Waals surface area contributed by atoms with Crippen molar-refractivity contribution in [2.75, 3.05) is 59.1 Å². The number of nitro groups is 1. The molecule has 0 unspecified atom stereocenters. The highest BCUT2D eigenvalue weighted by atomic mass is 16.7. The van der Waals surface area contributed by atoms with E-state index in [0.29, 0.717) is 59.8 Å². The Labute approximate surface area is 246 Å². The van der Waals surface area contributed by atoms with Crippen LogP contribution in [0.2, 0.25) is 0 Å². The van der Waals surface area contributed by atoms with Gasteiger partial charge in [0.05, 0.1) is 42.9 Å². The summed E-state index contributed by atoms with van der Waals surface area (Å²) in [7, 11) is 4.41. The molecule has 1 aliphatic rings. The van der Waals surface area contributed by atoms with Crippen LogP contribution < -0.4 is 20.5 Å². The maximum absolute atomic E-state index is 13.8. The fourth-order valence-electron chi connectivity index (χ4n) is 4.95. The molecule has 3 aromatic carbocycles. The van der Waals surface area contributed by atoms with E-state index < -0.39 is 22.7 Å². The average Bonchev–Trinajstić information content (AvgIpc) is 3.05. The second-order valence-corrected chi connectivity index (χ2v) is 9.70. The topological polar surface area (TPSA) is 147 Å². The van der Waals surface area contributed by atoms with Crippen molar-refractivity contribution in [3.63, 3.8) is 0 Å². The lowest BCUT2D eigenvalue weighted by molar-refractivity contribution is -0.384. The maximum atomic E-state index is 13.8. The summed E-state index contributed by atoms with van der Waals surface area (Å²) < 4.78 is 22.3. The van der Waals surface area contributed by atoms with E-state index in [9.17, 15) is 19.7 Å². The number of aromatic nitrogens is 2. The predicted molar refractivity (Wildman–Crippen MR) is 159 cm³/mol. The molecule has 13 heteroatoms. The average molecular weight is 590 g/mol. The third-order valence-electron chi connectivity index (χ3n) is 7.20. The highest BCUT2D eigenvalue weighted by molar-refractivity contribution is 5.99. The van der Waals surface area contributed by atoms with E-state index in [-0.39, 0.29) is 23.5 Å². The van der Waals surface area contributed by atoms with E-state index >= 15 is 0 Å². The van der Waals surface area contributed by atoms with Crippen LogP contribution in [-0.2, 0) is 14.2 Å². The molecule has 0 saturated carbocycles. The summed E-state index contributed by atoms with van der Waals surface area (Å²) in [4.78, 5) is 40.5. The number of nitro benzene ring substituents is 1. The van der Waals surface area contributed by atoms with Crippen LogP contribution >= 0.6 is 0 Å². The Bertz CT molecular complexity index is 1710. The van der Waals surface area contributed by atoms with E-state index in [2.05, 4.69) is 10.4 Å². The van der Waals surface area contributed by atoms with Gasteiger partial charge in [-0.05, 0) is 36.4 Å². The second kappa shape index (κ2) is 13.0. The van der Waals surface area contributed by atoms with Crippen molar-refractivity contribution in [1.82, 2.24) is 15.1 Å². The molecular weight excluding hydrogens is 558 g/mol. The summed E-state index contributed by atoms with van der Waals surface area (Å²) in [6.45, 7) is 2.36. The van der Waals surface area contributed by atoms with Crippen LogP contribution in [0.5, 0.6) is 5.75 Å². The lowest BCUT2D eigenvalue weighted by Gasteiger charge is -2.29. The van der Waals surface area contributed by atoms with Crippen molar-refractivity contribution in [2.45, 2.75) is 6.29 Å². The molecule has 0 spiro atoms. The Morgan fingerprint density at radius 1 is 1.05 bits per heavy atom. The molecule has 1 aliphatic heterocycles. The number of nitrogens with zero attached hydrogens (tertiary/aromatic N) is 4. The summed E-state index contributed by atoms with van der Waals surface area (Å²) >= 11 is 0. The minimum atomic E-state index is -0.632. The maximum Gasteiger partial charge on any atom is 0.295 e. The number of morpholine rings is 1. The zero-order chi connectivity index (χ0) is 30.5. The second-order valence-electron chi connectivity index (χ2n) is 9.70. The molecule has 13 nitrogen and oxygen atoms in total. The van der Waals surface area contributed by atoms with Crippen molar-refractivity contribution in [3.8, 4) is 22.7 Å². The molecule has 1 amide bonds. The summed E-state index contributed by atoms with van der Waals surface area (Å²) in [6, 6.07) is 16.4. The third-order valence-corrected chi connectivity index (χ3v) is 7.20. The number of nitrogens with one attached hydrogen (secondary N) is 1. The number of carbonyl (C=O) groups excluding carboxylic acids is 1. The summed E-state index contributed by atoms with van der Waals surface area (Å²) in [5.74, 6) is -0.0349. The first-order valence-electron chi connectivity index (χ1n) is 13.5. The van der Waals surface area contributed by atoms with E-state index in [4.69, 9.17) is 18.9 Å². The first kappa shape index (κ1) is 29.6. The van der Waals surface area contributed by atoms with Gasteiger partial charge in [0.25, 0.3) is 17.2 Å². The molecule has 2 heterocycles. The van der Waals surface area contributed by atoms with Crippen LogP contribution in [-0.4, -0.2) is 81.1 Å². The molecule has 1 fully saturated rings. The summed E-state index contributed by atoms with van der Waals surface area (Å²) in [5, 5.41) is 20.4. The standard InChI is InChI=1S/C30H31N5O8/c1-40-22-15-19(14-20(16-22)29(36)31-18-27(41-2)42-3)28-23-6-4-5-7-24(23)30(37)34(32-28)26-17-21(8-9-25(26)35(38)39)33-10-12-43-13-11-33/h4-9,14-17,27H,10-13,18H2,1-3H3,(H,31,36). The number of benzene rings is 3. The molecule has 1 saturated heterocycles. The lowest BCUT2D eigenvalue weighted by Crippen LogP contribution is -2.36. The van der Waals surface area contributed by atoms with E-state index in [0.717, 1.165) is 4.68 Å². The van der Waals surface area contributed by atoms with Gasteiger partial charge in [0.15, 0.2) is 6.29 Å². The number of hydrogen-bond acceptors (Lipinski definition) is 10.